The molecule has 2 aromatic rings. The largest absolute Gasteiger partial charge is 0.377 e. The Morgan fingerprint density at radius 1 is 1.22 bits per heavy atom. The predicted molar refractivity (Wildman–Crippen MR) is 99.7 cm³/mol. The zero-order valence-electron chi connectivity index (χ0n) is 14.5. The van der Waals surface area contributed by atoms with Crippen LogP contribution in [-0.2, 0) is 14.8 Å². The van der Waals surface area contributed by atoms with Crippen LogP contribution in [0.4, 0.5) is 5.69 Å². The van der Waals surface area contributed by atoms with Crippen LogP contribution < -0.4 is 10.0 Å². The Labute approximate surface area is 158 Å². The highest BCUT2D eigenvalue weighted by Crippen LogP contribution is 2.16. The fraction of sp³-hybridized carbons (Fsp3) is 0.263. The summed E-state index contributed by atoms with van der Waals surface area (Å²) in [6.07, 6.45) is 1.69. The molecule has 1 amide bonds. The second-order valence-corrected chi connectivity index (χ2v) is 7.92. The second kappa shape index (κ2) is 8.31. The fourth-order valence-corrected chi connectivity index (χ4v) is 3.81. The molecule has 27 heavy (non-hydrogen) atoms. The van der Waals surface area contributed by atoms with Crippen molar-refractivity contribution in [2.24, 2.45) is 0 Å². The summed E-state index contributed by atoms with van der Waals surface area (Å²) in [5, 5.41) is 11.6. The molecule has 2 aromatic carbocycles. The van der Waals surface area contributed by atoms with Crippen molar-refractivity contribution < 1.29 is 17.9 Å². The van der Waals surface area contributed by atoms with Gasteiger partial charge in [-0.1, -0.05) is 6.07 Å². The van der Waals surface area contributed by atoms with E-state index in [0.29, 0.717) is 23.4 Å². The minimum Gasteiger partial charge on any atom is -0.377 e. The summed E-state index contributed by atoms with van der Waals surface area (Å²) in [4.78, 5) is 12.4. The lowest BCUT2D eigenvalue weighted by Crippen LogP contribution is -2.31. The van der Waals surface area contributed by atoms with E-state index in [-0.39, 0.29) is 23.5 Å². The first-order valence-corrected chi connectivity index (χ1v) is 9.99. The molecule has 1 atom stereocenters. The van der Waals surface area contributed by atoms with Crippen LogP contribution in [0.2, 0.25) is 0 Å². The van der Waals surface area contributed by atoms with Gasteiger partial charge in [-0.3, -0.25) is 4.79 Å². The van der Waals surface area contributed by atoms with Crippen molar-refractivity contribution in [1.29, 1.82) is 5.26 Å². The molecule has 2 N–H and O–H groups in total. The lowest BCUT2D eigenvalue weighted by Gasteiger charge is -2.12. The van der Waals surface area contributed by atoms with Gasteiger partial charge in [0.2, 0.25) is 10.0 Å². The molecule has 0 saturated carbocycles. The third-order valence-corrected chi connectivity index (χ3v) is 5.64. The first-order valence-electron chi connectivity index (χ1n) is 8.51. The number of anilines is 1. The lowest BCUT2D eigenvalue weighted by atomic mass is 10.2. The monoisotopic (exact) mass is 385 g/mol. The predicted octanol–water partition coefficient (Wildman–Crippen LogP) is 2.27. The molecular weight excluding hydrogens is 366 g/mol. The summed E-state index contributed by atoms with van der Waals surface area (Å²) < 4.78 is 32.6. The fourth-order valence-electron chi connectivity index (χ4n) is 2.75. The van der Waals surface area contributed by atoms with Gasteiger partial charge in [-0.05, 0) is 55.3 Å². The van der Waals surface area contributed by atoms with E-state index in [2.05, 4.69) is 10.0 Å². The average molecular weight is 385 g/mol. The molecule has 1 aliphatic heterocycles. The standard InChI is InChI=1S/C19H19N3O4S/c20-12-14-3-1-4-16(11-14)22-19(23)15-6-8-18(9-7-15)27(24,25)21-13-17-5-2-10-26-17/h1,3-4,6-9,11,17,21H,2,5,10,13H2,(H,22,23)/t17-/m1/s1. The molecule has 3 rings (SSSR count). The number of nitrogens with zero attached hydrogens (tertiary/aromatic N) is 1. The van der Waals surface area contributed by atoms with Gasteiger partial charge in [0, 0.05) is 24.4 Å². The SMILES string of the molecule is N#Cc1cccc(NC(=O)c2ccc(S(=O)(=O)NC[C@H]3CCCO3)cc2)c1. The van der Waals surface area contributed by atoms with E-state index in [1.54, 1.807) is 24.3 Å². The van der Waals surface area contributed by atoms with Gasteiger partial charge in [0.05, 0.1) is 22.6 Å². The van der Waals surface area contributed by atoms with Crippen LogP contribution in [0.25, 0.3) is 0 Å². The Bertz CT molecular complexity index is 959. The first kappa shape index (κ1) is 19.0. The van der Waals surface area contributed by atoms with Crippen molar-refractivity contribution in [3.05, 3.63) is 59.7 Å². The number of amides is 1. The Balaban J connectivity index is 1.65. The number of nitriles is 1. The number of hydrogen-bond donors (Lipinski definition) is 2. The van der Waals surface area contributed by atoms with Gasteiger partial charge < -0.3 is 10.1 Å². The van der Waals surface area contributed by atoms with Gasteiger partial charge in [0.25, 0.3) is 5.91 Å². The van der Waals surface area contributed by atoms with Gasteiger partial charge in [-0.15, -0.1) is 0 Å². The highest BCUT2D eigenvalue weighted by atomic mass is 32.2. The number of sulfonamides is 1. The average Bonchev–Trinajstić information content (AvgIpc) is 3.20. The van der Waals surface area contributed by atoms with Crippen molar-refractivity contribution in [2.45, 2.75) is 23.8 Å². The molecule has 0 unspecified atom stereocenters. The van der Waals surface area contributed by atoms with Gasteiger partial charge in [-0.25, -0.2) is 13.1 Å². The Morgan fingerprint density at radius 2 is 2.00 bits per heavy atom. The van der Waals surface area contributed by atoms with Crippen LogP contribution in [0, 0.1) is 11.3 Å². The number of ether oxygens (including phenoxy) is 1. The number of nitrogens with one attached hydrogen (secondary N) is 2. The third kappa shape index (κ3) is 4.92. The molecule has 1 fully saturated rings. The van der Waals surface area contributed by atoms with Crippen LogP contribution in [0.1, 0.15) is 28.8 Å². The molecule has 0 bridgehead atoms. The maximum atomic E-state index is 12.3. The molecular formula is C19H19N3O4S. The number of rotatable bonds is 6. The number of carbonyl (C=O) groups excluding carboxylic acids is 1. The summed E-state index contributed by atoms with van der Waals surface area (Å²) in [7, 11) is -3.66. The van der Waals surface area contributed by atoms with Crippen LogP contribution in [0.15, 0.2) is 53.4 Å². The van der Waals surface area contributed by atoms with Gasteiger partial charge in [0.1, 0.15) is 0 Å². The molecule has 1 saturated heterocycles. The maximum Gasteiger partial charge on any atom is 0.255 e. The van der Waals surface area contributed by atoms with Crippen molar-refractivity contribution in [1.82, 2.24) is 4.72 Å². The molecule has 1 heterocycles. The summed E-state index contributed by atoms with van der Waals surface area (Å²) in [5.41, 5.74) is 1.25. The number of carbonyl (C=O) groups is 1. The molecule has 7 nitrogen and oxygen atoms in total. The summed E-state index contributed by atoms with van der Waals surface area (Å²) in [6.45, 7) is 0.896. The molecule has 0 radical (unpaired) electrons. The van der Waals surface area contributed by atoms with Crippen LogP contribution in [-0.4, -0.2) is 33.6 Å². The van der Waals surface area contributed by atoms with Crippen LogP contribution in [0.5, 0.6) is 0 Å². The zero-order valence-corrected chi connectivity index (χ0v) is 15.3. The summed E-state index contributed by atoms with van der Waals surface area (Å²) in [6, 6.07) is 14.2. The van der Waals surface area contributed by atoms with E-state index in [0.717, 1.165) is 12.8 Å². The maximum absolute atomic E-state index is 12.3. The van der Waals surface area contributed by atoms with E-state index in [1.165, 1.54) is 24.3 Å². The number of benzene rings is 2. The first-order chi connectivity index (χ1) is 13.0. The highest BCUT2D eigenvalue weighted by Gasteiger charge is 2.20. The van der Waals surface area contributed by atoms with Crippen LogP contribution >= 0.6 is 0 Å². The van der Waals surface area contributed by atoms with Crippen molar-refractivity contribution in [3.8, 4) is 6.07 Å². The van der Waals surface area contributed by atoms with Crippen molar-refractivity contribution in [3.63, 3.8) is 0 Å². The number of hydrogen-bond acceptors (Lipinski definition) is 5. The second-order valence-electron chi connectivity index (χ2n) is 6.16. The Kier molecular flexibility index (Phi) is 5.86. The summed E-state index contributed by atoms with van der Waals surface area (Å²) >= 11 is 0. The minimum absolute atomic E-state index is 0.0866. The molecule has 8 heteroatoms. The van der Waals surface area contributed by atoms with E-state index in [9.17, 15) is 13.2 Å². The Hall–Kier alpha value is -2.73. The molecule has 140 valence electrons. The topological polar surface area (TPSA) is 108 Å². The smallest absolute Gasteiger partial charge is 0.255 e. The highest BCUT2D eigenvalue weighted by molar-refractivity contribution is 7.89. The van der Waals surface area contributed by atoms with Gasteiger partial charge in [0.15, 0.2) is 0 Å². The van der Waals surface area contributed by atoms with E-state index < -0.39 is 10.0 Å². The van der Waals surface area contributed by atoms with Gasteiger partial charge >= 0.3 is 0 Å². The van der Waals surface area contributed by atoms with Crippen molar-refractivity contribution >= 4 is 21.6 Å². The Morgan fingerprint density at radius 3 is 2.67 bits per heavy atom. The molecule has 1 aliphatic rings. The lowest BCUT2D eigenvalue weighted by molar-refractivity contribution is 0.102. The van der Waals surface area contributed by atoms with E-state index in [4.69, 9.17) is 10.00 Å². The molecule has 0 aromatic heterocycles. The normalized spacial score (nSPS) is 16.6. The quantitative estimate of drug-likeness (QED) is 0.793. The third-order valence-electron chi connectivity index (χ3n) is 4.20. The van der Waals surface area contributed by atoms with Crippen LogP contribution in [0.3, 0.4) is 0 Å². The van der Waals surface area contributed by atoms with Gasteiger partial charge in [-0.2, -0.15) is 5.26 Å². The summed E-state index contributed by atoms with van der Waals surface area (Å²) in [5.74, 6) is -0.388. The van der Waals surface area contributed by atoms with E-state index >= 15 is 0 Å². The minimum atomic E-state index is -3.66. The molecule has 0 aliphatic carbocycles. The zero-order chi connectivity index (χ0) is 19.3. The van der Waals surface area contributed by atoms with Crippen molar-refractivity contribution in [2.75, 3.05) is 18.5 Å². The van der Waals surface area contributed by atoms with E-state index in [1.807, 2.05) is 6.07 Å². The molecule has 0 spiro atoms.